The van der Waals surface area contributed by atoms with E-state index in [0.29, 0.717) is 5.41 Å². The highest BCUT2D eigenvalue weighted by molar-refractivity contribution is 5.80. The van der Waals surface area contributed by atoms with Gasteiger partial charge in [0, 0.05) is 39.3 Å². The Balaban J connectivity index is 1.32. The molecule has 1 aromatic rings. The van der Waals surface area contributed by atoms with Gasteiger partial charge in [-0.15, -0.1) is 0 Å². The zero-order chi connectivity index (χ0) is 20.8. The lowest BCUT2D eigenvalue weighted by atomic mass is 9.73. The molecule has 1 aromatic carbocycles. The van der Waals surface area contributed by atoms with Crippen LogP contribution in [-0.2, 0) is 13.1 Å². The third kappa shape index (κ3) is 5.55. The summed E-state index contributed by atoms with van der Waals surface area (Å²) < 4.78 is 0. The van der Waals surface area contributed by atoms with E-state index in [-0.39, 0.29) is 6.10 Å². The molecule has 2 aliphatic heterocycles. The Morgan fingerprint density at radius 3 is 2.43 bits per heavy atom. The van der Waals surface area contributed by atoms with Crippen LogP contribution in [-0.4, -0.2) is 59.7 Å². The van der Waals surface area contributed by atoms with E-state index in [9.17, 15) is 5.11 Å². The first kappa shape index (κ1) is 21.6. The fraction of sp³-hybridized carbons (Fsp3) is 0.720. The summed E-state index contributed by atoms with van der Waals surface area (Å²) in [6.45, 7) is 9.13. The van der Waals surface area contributed by atoms with Gasteiger partial charge in [-0.3, -0.25) is 4.90 Å². The molecule has 2 N–H and O–H groups in total. The summed E-state index contributed by atoms with van der Waals surface area (Å²) in [6.07, 6.45) is 10.1. The number of nitrogens with one attached hydrogen (secondary N) is 1. The Morgan fingerprint density at radius 1 is 1.03 bits per heavy atom. The standard InChI is InChI=1S/C25H40N4O/c1-2-26-24(29-17-14-25(20-29)12-4-3-5-13-25)27-18-21-6-8-22(9-7-21)19-28-15-10-23(30)11-16-28/h6-9,23,30H,2-5,10-20H2,1H3,(H,26,27). The molecule has 0 amide bonds. The van der Waals surface area contributed by atoms with Crippen LogP contribution in [0.3, 0.4) is 0 Å². The van der Waals surface area contributed by atoms with Gasteiger partial charge in [-0.2, -0.15) is 0 Å². The molecule has 3 fully saturated rings. The van der Waals surface area contributed by atoms with Gasteiger partial charge < -0.3 is 15.3 Å². The minimum Gasteiger partial charge on any atom is -0.393 e. The van der Waals surface area contributed by atoms with Crippen molar-refractivity contribution in [1.82, 2.24) is 15.1 Å². The molecule has 4 rings (SSSR count). The van der Waals surface area contributed by atoms with Crippen LogP contribution in [0.25, 0.3) is 0 Å². The molecular formula is C25H40N4O. The number of likely N-dealkylation sites (tertiary alicyclic amines) is 2. The van der Waals surface area contributed by atoms with Crippen LogP contribution in [0.4, 0.5) is 0 Å². The number of piperidine rings is 1. The lowest BCUT2D eigenvalue weighted by Gasteiger charge is -2.33. The minimum atomic E-state index is -0.101. The predicted molar refractivity (Wildman–Crippen MR) is 123 cm³/mol. The second-order valence-corrected chi connectivity index (χ2v) is 9.73. The number of guanidine groups is 1. The van der Waals surface area contributed by atoms with Crippen LogP contribution in [0.1, 0.15) is 69.4 Å². The highest BCUT2D eigenvalue weighted by Crippen LogP contribution is 2.43. The van der Waals surface area contributed by atoms with Crippen molar-refractivity contribution in [2.45, 2.75) is 77.5 Å². The van der Waals surface area contributed by atoms with Gasteiger partial charge in [-0.05, 0) is 55.6 Å². The van der Waals surface area contributed by atoms with E-state index >= 15 is 0 Å². The molecule has 1 saturated carbocycles. The summed E-state index contributed by atoms with van der Waals surface area (Å²) in [5.74, 6) is 1.09. The van der Waals surface area contributed by atoms with Gasteiger partial charge in [0.15, 0.2) is 5.96 Å². The molecule has 0 radical (unpaired) electrons. The van der Waals surface area contributed by atoms with Crippen LogP contribution in [0.5, 0.6) is 0 Å². The molecule has 5 heteroatoms. The third-order valence-corrected chi connectivity index (χ3v) is 7.38. The molecule has 2 heterocycles. The quantitative estimate of drug-likeness (QED) is 0.571. The highest BCUT2D eigenvalue weighted by Gasteiger charge is 2.39. The average Bonchev–Trinajstić information content (AvgIpc) is 3.17. The molecule has 3 aliphatic rings. The predicted octanol–water partition coefficient (Wildman–Crippen LogP) is 3.77. The number of benzene rings is 1. The SMILES string of the molecule is CCNC(=NCc1ccc(CN2CCC(O)CC2)cc1)N1CCC2(CCCCC2)C1. The maximum atomic E-state index is 9.67. The molecule has 30 heavy (non-hydrogen) atoms. The van der Waals surface area contributed by atoms with E-state index in [1.165, 1.54) is 56.2 Å². The van der Waals surface area contributed by atoms with Crippen molar-refractivity contribution in [1.29, 1.82) is 0 Å². The maximum absolute atomic E-state index is 9.67. The molecule has 5 nitrogen and oxygen atoms in total. The molecule has 1 aliphatic carbocycles. The number of aliphatic hydroxyl groups is 1. The average molecular weight is 413 g/mol. The van der Waals surface area contributed by atoms with Crippen molar-refractivity contribution in [2.75, 3.05) is 32.7 Å². The first-order valence-electron chi connectivity index (χ1n) is 12.2. The topological polar surface area (TPSA) is 51.1 Å². The summed E-state index contributed by atoms with van der Waals surface area (Å²) in [6, 6.07) is 8.95. The Kier molecular flexibility index (Phi) is 7.32. The van der Waals surface area contributed by atoms with Gasteiger partial charge in [0.05, 0.1) is 12.6 Å². The van der Waals surface area contributed by atoms with Gasteiger partial charge in [0.2, 0.25) is 0 Å². The molecule has 1 spiro atoms. The Bertz CT molecular complexity index is 688. The molecule has 2 saturated heterocycles. The van der Waals surface area contributed by atoms with E-state index in [1.807, 2.05) is 0 Å². The molecule has 0 atom stereocenters. The molecule has 0 unspecified atom stereocenters. The van der Waals surface area contributed by atoms with Gasteiger partial charge in [0.25, 0.3) is 0 Å². The molecule has 0 aromatic heterocycles. The second kappa shape index (κ2) is 10.1. The summed E-state index contributed by atoms with van der Waals surface area (Å²) in [7, 11) is 0. The fourth-order valence-corrected chi connectivity index (χ4v) is 5.50. The number of rotatable bonds is 5. The zero-order valence-corrected chi connectivity index (χ0v) is 18.8. The maximum Gasteiger partial charge on any atom is 0.194 e. The number of hydrogen-bond donors (Lipinski definition) is 2. The highest BCUT2D eigenvalue weighted by atomic mass is 16.3. The molecular weight excluding hydrogens is 372 g/mol. The van der Waals surface area contributed by atoms with E-state index in [4.69, 9.17) is 4.99 Å². The van der Waals surface area contributed by atoms with Crippen LogP contribution in [0, 0.1) is 5.41 Å². The largest absolute Gasteiger partial charge is 0.393 e. The van der Waals surface area contributed by atoms with Gasteiger partial charge in [0.1, 0.15) is 0 Å². The third-order valence-electron chi connectivity index (χ3n) is 7.38. The minimum absolute atomic E-state index is 0.101. The number of aliphatic hydroxyl groups excluding tert-OH is 1. The first-order chi connectivity index (χ1) is 14.7. The van der Waals surface area contributed by atoms with Crippen molar-refractivity contribution in [3.05, 3.63) is 35.4 Å². The first-order valence-corrected chi connectivity index (χ1v) is 12.2. The summed E-state index contributed by atoms with van der Waals surface area (Å²) >= 11 is 0. The van der Waals surface area contributed by atoms with Crippen LogP contribution < -0.4 is 5.32 Å². The van der Waals surface area contributed by atoms with Crippen molar-refractivity contribution in [3.63, 3.8) is 0 Å². The Labute approximate surface area is 182 Å². The second-order valence-electron chi connectivity index (χ2n) is 9.73. The normalized spacial score (nSPS) is 23.3. The van der Waals surface area contributed by atoms with Gasteiger partial charge in [-0.25, -0.2) is 4.99 Å². The van der Waals surface area contributed by atoms with E-state index < -0.39 is 0 Å². The van der Waals surface area contributed by atoms with Crippen molar-refractivity contribution in [3.8, 4) is 0 Å². The van der Waals surface area contributed by atoms with Crippen LogP contribution >= 0.6 is 0 Å². The number of hydrogen-bond acceptors (Lipinski definition) is 3. The van der Waals surface area contributed by atoms with E-state index in [1.54, 1.807) is 0 Å². The van der Waals surface area contributed by atoms with E-state index in [2.05, 4.69) is 46.3 Å². The van der Waals surface area contributed by atoms with Crippen molar-refractivity contribution in [2.24, 2.45) is 10.4 Å². The number of nitrogens with zero attached hydrogens (tertiary/aromatic N) is 3. The zero-order valence-electron chi connectivity index (χ0n) is 18.8. The van der Waals surface area contributed by atoms with Crippen molar-refractivity contribution < 1.29 is 5.11 Å². The Hall–Kier alpha value is -1.59. The summed E-state index contributed by atoms with van der Waals surface area (Å²) in [5, 5.41) is 13.2. The summed E-state index contributed by atoms with van der Waals surface area (Å²) in [4.78, 5) is 9.94. The van der Waals surface area contributed by atoms with Crippen molar-refractivity contribution >= 4 is 5.96 Å². The Morgan fingerprint density at radius 2 is 1.73 bits per heavy atom. The van der Waals surface area contributed by atoms with Crippen LogP contribution in [0.2, 0.25) is 0 Å². The van der Waals surface area contributed by atoms with E-state index in [0.717, 1.165) is 58.1 Å². The van der Waals surface area contributed by atoms with Gasteiger partial charge in [-0.1, -0.05) is 43.5 Å². The molecule has 0 bridgehead atoms. The lowest BCUT2D eigenvalue weighted by molar-refractivity contribution is 0.0792. The van der Waals surface area contributed by atoms with Crippen LogP contribution in [0.15, 0.2) is 29.3 Å². The number of aliphatic imine (C=N–C) groups is 1. The molecule has 166 valence electrons. The lowest BCUT2D eigenvalue weighted by Crippen LogP contribution is -2.41. The fourth-order valence-electron chi connectivity index (χ4n) is 5.50. The summed E-state index contributed by atoms with van der Waals surface area (Å²) in [5.41, 5.74) is 3.18. The monoisotopic (exact) mass is 412 g/mol. The van der Waals surface area contributed by atoms with Gasteiger partial charge >= 0.3 is 0 Å². The smallest absolute Gasteiger partial charge is 0.194 e.